The minimum absolute atomic E-state index is 0.229. The summed E-state index contributed by atoms with van der Waals surface area (Å²) in [5.41, 5.74) is 0.296. The molecule has 0 aromatic heterocycles. The molecule has 1 aliphatic heterocycles. The number of likely N-dealkylation sites (tertiary alicyclic amines) is 1. The molecule has 1 aromatic carbocycles. The zero-order chi connectivity index (χ0) is 15.6. The van der Waals surface area contributed by atoms with Crippen molar-refractivity contribution in [1.29, 1.82) is 0 Å². The van der Waals surface area contributed by atoms with Gasteiger partial charge in [0.05, 0.1) is 5.41 Å². The zero-order valence-corrected chi connectivity index (χ0v) is 12.4. The molecule has 0 spiro atoms. The molecule has 0 saturated carbocycles. The summed E-state index contributed by atoms with van der Waals surface area (Å²) in [7, 11) is 0. The molecule has 21 heavy (non-hydrogen) atoms. The summed E-state index contributed by atoms with van der Waals surface area (Å²) in [5, 5.41) is 9.35. The van der Waals surface area contributed by atoms with Crippen LogP contribution in [0.15, 0.2) is 18.2 Å². The maximum absolute atomic E-state index is 13.4. The van der Waals surface area contributed by atoms with Gasteiger partial charge in [-0.15, -0.1) is 0 Å². The number of carbonyl (C=O) groups is 2. The van der Waals surface area contributed by atoms with Gasteiger partial charge in [-0.3, -0.25) is 9.59 Å². The maximum Gasteiger partial charge on any atom is 0.309 e. The summed E-state index contributed by atoms with van der Waals surface area (Å²) in [4.78, 5) is 25.4. The average Bonchev–Trinajstić information content (AvgIpc) is 2.45. The number of carboxylic acids is 1. The number of hydrogen-bond acceptors (Lipinski definition) is 2. The monoisotopic (exact) mass is 293 g/mol. The molecule has 0 bridgehead atoms. The van der Waals surface area contributed by atoms with Crippen LogP contribution in [-0.2, 0) is 4.79 Å². The fourth-order valence-electron chi connectivity index (χ4n) is 2.90. The van der Waals surface area contributed by atoms with E-state index in [1.165, 1.54) is 12.1 Å². The van der Waals surface area contributed by atoms with E-state index in [4.69, 9.17) is 0 Å². The Hall–Kier alpha value is -1.91. The topological polar surface area (TPSA) is 57.6 Å². The Labute approximate surface area is 123 Å². The van der Waals surface area contributed by atoms with E-state index in [0.29, 0.717) is 43.5 Å². The molecule has 0 unspecified atom stereocenters. The van der Waals surface area contributed by atoms with E-state index in [1.807, 2.05) is 6.92 Å². The summed E-state index contributed by atoms with van der Waals surface area (Å²) < 4.78 is 13.4. The molecule has 1 fully saturated rings. The first-order chi connectivity index (χ1) is 9.88. The highest BCUT2D eigenvalue weighted by Gasteiger charge is 2.40. The third-order valence-corrected chi connectivity index (χ3v) is 4.43. The van der Waals surface area contributed by atoms with Crippen molar-refractivity contribution in [2.24, 2.45) is 5.41 Å². The van der Waals surface area contributed by atoms with Crippen LogP contribution in [0.3, 0.4) is 0 Å². The predicted molar refractivity (Wildman–Crippen MR) is 76.6 cm³/mol. The number of aryl methyl sites for hydroxylation is 1. The van der Waals surface area contributed by atoms with Crippen molar-refractivity contribution in [3.63, 3.8) is 0 Å². The lowest BCUT2D eigenvalue weighted by Gasteiger charge is -2.38. The molecule has 1 N–H and O–H groups in total. The van der Waals surface area contributed by atoms with Gasteiger partial charge in [-0.25, -0.2) is 4.39 Å². The standard InChI is InChI=1S/C16H20FNO3/c1-3-16(15(20)21)4-6-18(7-5-16)14(19)12-8-11(2)9-13(17)10-12/h8-10H,3-7H2,1-2H3,(H,20,21). The van der Waals surface area contributed by atoms with Gasteiger partial charge in [0.15, 0.2) is 0 Å². The molecular weight excluding hydrogens is 273 g/mol. The first-order valence-corrected chi connectivity index (χ1v) is 7.18. The predicted octanol–water partition coefficient (Wildman–Crippen LogP) is 2.85. The molecule has 2 rings (SSSR count). The van der Waals surface area contributed by atoms with Crippen molar-refractivity contribution in [3.8, 4) is 0 Å². The van der Waals surface area contributed by atoms with Crippen molar-refractivity contribution in [2.45, 2.75) is 33.1 Å². The quantitative estimate of drug-likeness (QED) is 0.932. The van der Waals surface area contributed by atoms with Gasteiger partial charge in [0.25, 0.3) is 5.91 Å². The van der Waals surface area contributed by atoms with Crippen LogP contribution >= 0.6 is 0 Å². The highest BCUT2D eigenvalue weighted by atomic mass is 19.1. The van der Waals surface area contributed by atoms with Crippen molar-refractivity contribution < 1.29 is 19.1 Å². The molecule has 5 heteroatoms. The molecule has 0 radical (unpaired) electrons. The molecule has 114 valence electrons. The third kappa shape index (κ3) is 3.06. The summed E-state index contributed by atoms with van der Waals surface area (Å²) in [6.07, 6.45) is 1.45. The van der Waals surface area contributed by atoms with Gasteiger partial charge in [0, 0.05) is 18.7 Å². The van der Waals surface area contributed by atoms with Crippen LogP contribution in [0.4, 0.5) is 4.39 Å². The highest BCUT2D eigenvalue weighted by molar-refractivity contribution is 5.94. The molecule has 1 heterocycles. The van der Waals surface area contributed by atoms with E-state index in [-0.39, 0.29) is 5.91 Å². The number of halogens is 1. The van der Waals surface area contributed by atoms with E-state index in [2.05, 4.69) is 0 Å². The van der Waals surface area contributed by atoms with Crippen LogP contribution in [0.5, 0.6) is 0 Å². The SMILES string of the molecule is CCC1(C(=O)O)CCN(C(=O)c2cc(C)cc(F)c2)CC1. The van der Waals surface area contributed by atoms with Gasteiger partial charge in [-0.1, -0.05) is 6.92 Å². The number of aliphatic carboxylic acids is 1. The fraction of sp³-hybridized carbons (Fsp3) is 0.500. The minimum Gasteiger partial charge on any atom is -0.481 e. The smallest absolute Gasteiger partial charge is 0.309 e. The van der Waals surface area contributed by atoms with Crippen molar-refractivity contribution >= 4 is 11.9 Å². The van der Waals surface area contributed by atoms with Crippen LogP contribution in [-0.4, -0.2) is 35.0 Å². The summed E-state index contributed by atoms with van der Waals surface area (Å²) in [6.45, 7) is 4.40. The number of piperidine rings is 1. The van der Waals surface area contributed by atoms with E-state index in [9.17, 15) is 19.1 Å². The maximum atomic E-state index is 13.4. The second-order valence-corrected chi connectivity index (χ2v) is 5.75. The van der Waals surface area contributed by atoms with Crippen molar-refractivity contribution in [2.75, 3.05) is 13.1 Å². The normalized spacial score (nSPS) is 17.6. The Morgan fingerprint density at radius 3 is 2.38 bits per heavy atom. The molecule has 1 aliphatic rings. The first kappa shape index (κ1) is 15.5. The van der Waals surface area contributed by atoms with Crippen LogP contribution in [0.1, 0.15) is 42.1 Å². The second kappa shape index (κ2) is 5.84. The average molecular weight is 293 g/mol. The molecule has 1 saturated heterocycles. The highest BCUT2D eigenvalue weighted by Crippen LogP contribution is 2.35. The van der Waals surface area contributed by atoms with Crippen LogP contribution in [0, 0.1) is 18.2 Å². The molecule has 1 amide bonds. The largest absolute Gasteiger partial charge is 0.481 e. The third-order valence-electron chi connectivity index (χ3n) is 4.43. The summed E-state index contributed by atoms with van der Waals surface area (Å²) >= 11 is 0. The number of rotatable bonds is 3. The molecule has 0 aliphatic carbocycles. The van der Waals surface area contributed by atoms with Gasteiger partial charge in [0.1, 0.15) is 5.82 Å². The van der Waals surface area contributed by atoms with Crippen molar-refractivity contribution in [1.82, 2.24) is 4.90 Å². The lowest BCUT2D eigenvalue weighted by molar-refractivity contribution is -0.152. The van der Waals surface area contributed by atoms with Crippen molar-refractivity contribution in [3.05, 3.63) is 35.1 Å². The van der Waals surface area contributed by atoms with Gasteiger partial charge < -0.3 is 10.0 Å². The Bertz CT molecular complexity index is 542. The fourth-order valence-corrected chi connectivity index (χ4v) is 2.90. The van der Waals surface area contributed by atoms with E-state index >= 15 is 0 Å². The Balaban J connectivity index is 2.11. The molecule has 0 atom stereocenters. The molecular formula is C16H20FNO3. The first-order valence-electron chi connectivity index (χ1n) is 7.18. The van der Waals surface area contributed by atoms with Crippen LogP contribution in [0.2, 0.25) is 0 Å². The van der Waals surface area contributed by atoms with E-state index in [1.54, 1.807) is 17.9 Å². The van der Waals surface area contributed by atoms with E-state index < -0.39 is 17.2 Å². The molecule has 1 aromatic rings. The molecule has 4 nitrogen and oxygen atoms in total. The van der Waals surface area contributed by atoms with Gasteiger partial charge >= 0.3 is 5.97 Å². The second-order valence-electron chi connectivity index (χ2n) is 5.75. The van der Waals surface area contributed by atoms with Gasteiger partial charge in [0.2, 0.25) is 0 Å². The summed E-state index contributed by atoms with van der Waals surface area (Å²) in [5.74, 6) is -1.45. The van der Waals surface area contributed by atoms with E-state index in [0.717, 1.165) is 0 Å². The Morgan fingerprint density at radius 1 is 1.29 bits per heavy atom. The minimum atomic E-state index is -0.793. The lowest BCUT2D eigenvalue weighted by Crippen LogP contribution is -2.46. The zero-order valence-electron chi connectivity index (χ0n) is 12.4. The Kier molecular flexibility index (Phi) is 4.30. The number of amides is 1. The van der Waals surface area contributed by atoms with Gasteiger partial charge in [-0.05, 0) is 49.9 Å². The number of carboxylic acid groups (broad SMARTS) is 1. The summed E-state index contributed by atoms with van der Waals surface area (Å²) in [6, 6.07) is 4.26. The van der Waals surface area contributed by atoms with Crippen LogP contribution < -0.4 is 0 Å². The number of hydrogen-bond donors (Lipinski definition) is 1. The number of nitrogens with zero attached hydrogens (tertiary/aromatic N) is 1. The Morgan fingerprint density at radius 2 is 1.90 bits per heavy atom. The van der Waals surface area contributed by atoms with Crippen LogP contribution in [0.25, 0.3) is 0 Å². The van der Waals surface area contributed by atoms with Gasteiger partial charge in [-0.2, -0.15) is 0 Å². The lowest BCUT2D eigenvalue weighted by atomic mass is 9.76. The number of benzene rings is 1. The number of carbonyl (C=O) groups excluding carboxylic acids is 1.